The third-order valence-corrected chi connectivity index (χ3v) is 2.03. The highest BCUT2D eigenvalue weighted by Crippen LogP contribution is 2.56. The Balaban J connectivity index is 3.06. The van der Waals surface area contributed by atoms with Gasteiger partial charge in [-0.1, -0.05) is 3.89 Å². The lowest BCUT2D eigenvalue weighted by Crippen LogP contribution is -2.76. The van der Waals surface area contributed by atoms with E-state index in [0.29, 0.717) is 0 Å². The zero-order valence-corrected chi connectivity index (χ0v) is 8.71. The molecule has 15 heteroatoms. The standard InChI is InChI=1S/C4F9NO4S/c5-1(6)3(9,10)17-14(1)2(7,8)4(11,12)18-19(13,15)16. The van der Waals surface area contributed by atoms with Gasteiger partial charge in [0.2, 0.25) is 0 Å². The van der Waals surface area contributed by atoms with Crippen molar-refractivity contribution in [2.45, 2.75) is 24.3 Å². The molecule has 19 heavy (non-hydrogen) atoms. The van der Waals surface area contributed by atoms with Crippen LogP contribution in [0.25, 0.3) is 0 Å². The highest BCUT2D eigenvalue weighted by molar-refractivity contribution is 7.81. The fraction of sp³-hybridized carbons (Fsp3) is 1.00. The molecule has 0 saturated carbocycles. The van der Waals surface area contributed by atoms with E-state index in [1.54, 1.807) is 0 Å². The van der Waals surface area contributed by atoms with E-state index in [1.165, 1.54) is 0 Å². The Morgan fingerprint density at radius 1 is 1.05 bits per heavy atom. The topological polar surface area (TPSA) is 55.8 Å². The van der Waals surface area contributed by atoms with Crippen molar-refractivity contribution < 1.29 is 56.4 Å². The van der Waals surface area contributed by atoms with Gasteiger partial charge in [-0.2, -0.15) is 47.7 Å². The Morgan fingerprint density at radius 3 is 1.74 bits per heavy atom. The molecule has 1 aliphatic rings. The molecule has 0 unspecified atom stereocenters. The van der Waals surface area contributed by atoms with Crippen LogP contribution in [-0.4, -0.2) is 37.8 Å². The van der Waals surface area contributed by atoms with Gasteiger partial charge in [-0.25, -0.2) is 4.84 Å². The van der Waals surface area contributed by atoms with Gasteiger partial charge in [0.25, 0.3) is 0 Å². The van der Waals surface area contributed by atoms with E-state index in [4.69, 9.17) is 0 Å². The first-order chi connectivity index (χ1) is 8.05. The van der Waals surface area contributed by atoms with Gasteiger partial charge in [0.05, 0.1) is 0 Å². The molecule has 0 spiro atoms. The van der Waals surface area contributed by atoms with E-state index in [-0.39, 0.29) is 0 Å². The lowest BCUT2D eigenvalue weighted by Gasteiger charge is -2.47. The SMILES string of the molecule is O=S(=O)(F)OC(F)(F)C(F)(F)N1OC(F)(F)C1(F)F. The number of halogens is 9. The molecule has 0 aromatic carbocycles. The number of hydrogen-bond donors (Lipinski definition) is 0. The fourth-order valence-electron chi connectivity index (χ4n) is 0.833. The van der Waals surface area contributed by atoms with Crippen LogP contribution in [0.5, 0.6) is 0 Å². The molecule has 0 aromatic rings. The highest BCUT2D eigenvalue weighted by Gasteiger charge is 2.85. The largest absolute Gasteiger partial charge is 0.453 e. The van der Waals surface area contributed by atoms with Crippen molar-refractivity contribution in [3.63, 3.8) is 0 Å². The van der Waals surface area contributed by atoms with Crippen molar-refractivity contribution in [2.24, 2.45) is 0 Å². The van der Waals surface area contributed by atoms with Crippen LogP contribution in [-0.2, 0) is 19.5 Å². The maximum absolute atomic E-state index is 12.7. The second-order valence-corrected chi connectivity index (χ2v) is 3.93. The van der Waals surface area contributed by atoms with Crippen LogP contribution in [0.3, 0.4) is 0 Å². The van der Waals surface area contributed by atoms with Crippen molar-refractivity contribution in [3.8, 4) is 0 Å². The maximum Gasteiger partial charge on any atom is 0.453 e. The predicted molar refractivity (Wildman–Crippen MR) is 33.8 cm³/mol. The Morgan fingerprint density at radius 2 is 1.47 bits per heavy atom. The quantitative estimate of drug-likeness (QED) is 0.447. The van der Waals surface area contributed by atoms with Gasteiger partial charge in [-0.15, -0.1) is 0 Å². The molecule has 0 amide bonds. The van der Waals surface area contributed by atoms with Crippen molar-refractivity contribution in [1.82, 2.24) is 5.06 Å². The lowest BCUT2D eigenvalue weighted by molar-refractivity contribution is -0.649. The molecular weight excluding hydrogens is 329 g/mol. The first kappa shape index (κ1) is 16.3. The summed E-state index contributed by atoms with van der Waals surface area (Å²) in [7, 11) is -6.69. The molecule has 0 aliphatic carbocycles. The molecule has 0 radical (unpaired) electrons. The Bertz CT molecular complexity index is 475. The molecule has 5 nitrogen and oxygen atoms in total. The van der Waals surface area contributed by atoms with Crippen LogP contribution in [0.15, 0.2) is 0 Å². The second kappa shape index (κ2) is 3.86. The number of rotatable bonds is 4. The number of alkyl halides is 8. The maximum atomic E-state index is 12.7. The number of nitrogens with zero attached hydrogens (tertiary/aromatic N) is 1. The van der Waals surface area contributed by atoms with E-state index in [0.717, 1.165) is 0 Å². The summed E-state index contributed by atoms with van der Waals surface area (Å²) >= 11 is 0. The average Bonchev–Trinajstić information content (AvgIpc) is 2.09. The van der Waals surface area contributed by atoms with Gasteiger partial charge in [0.1, 0.15) is 0 Å². The molecule has 0 bridgehead atoms. The van der Waals surface area contributed by atoms with E-state index < -0.39 is 39.9 Å². The van der Waals surface area contributed by atoms with Crippen molar-refractivity contribution in [3.05, 3.63) is 0 Å². The zero-order chi connectivity index (χ0) is 15.5. The summed E-state index contributed by atoms with van der Waals surface area (Å²) in [5, 5.41) is -2.49. The van der Waals surface area contributed by atoms with Crippen LogP contribution in [0.1, 0.15) is 0 Å². The third kappa shape index (κ3) is 2.46. The number of hydroxylamine groups is 2. The Kier molecular flexibility index (Phi) is 3.30. The molecule has 1 heterocycles. The summed E-state index contributed by atoms with van der Waals surface area (Å²) < 4.78 is 132. The summed E-state index contributed by atoms with van der Waals surface area (Å²) in [6.07, 6.45) is -12.0. The van der Waals surface area contributed by atoms with E-state index in [2.05, 4.69) is 4.84 Å². The Labute approximate surface area is 97.4 Å². The average molecular weight is 329 g/mol. The van der Waals surface area contributed by atoms with Crippen LogP contribution < -0.4 is 0 Å². The highest BCUT2D eigenvalue weighted by atomic mass is 32.3. The molecule has 1 rings (SSSR count). The van der Waals surface area contributed by atoms with Gasteiger partial charge in [-0.05, 0) is 5.06 Å². The van der Waals surface area contributed by atoms with Crippen molar-refractivity contribution in [1.29, 1.82) is 0 Å². The number of hydrogen-bond acceptors (Lipinski definition) is 5. The molecule has 114 valence electrons. The minimum atomic E-state index is -6.69. The first-order valence-corrected chi connectivity index (χ1v) is 5.01. The molecule has 1 fully saturated rings. The zero-order valence-electron chi connectivity index (χ0n) is 7.89. The molecule has 0 atom stereocenters. The lowest BCUT2D eigenvalue weighted by atomic mass is 10.3. The Hall–Kier alpha value is -0.800. The van der Waals surface area contributed by atoms with E-state index in [1.807, 2.05) is 4.18 Å². The van der Waals surface area contributed by atoms with Gasteiger partial charge in [0, 0.05) is 0 Å². The molecular formula is C4F9NO4S. The van der Waals surface area contributed by atoms with Gasteiger partial charge in [-0.3, -0.25) is 0 Å². The summed E-state index contributed by atoms with van der Waals surface area (Å²) in [6, 6.07) is -12.3. The predicted octanol–water partition coefficient (Wildman–Crippen LogP) is 1.84. The molecule has 0 aromatic heterocycles. The molecule has 1 saturated heterocycles. The first-order valence-electron chi connectivity index (χ1n) is 3.70. The van der Waals surface area contributed by atoms with Crippen LogP contribution in [0.4, 0.5) is 39.0 Å². The summed E-state index contributed by atoms with van der Waals surface area (Å²) in [5.41, 5.74) is 0. The monoisotopic (exact) mass is 329 g/mol. The minimum Gasteiger partial charge on any atom is -0.212 e. The van der Waals surface area contributed by atoms with E-state index >= 15 is 0 Å². The normalized spacial score (nSPS) is 24.1. The van der Waals surface area contributed by atoms with Gasteiger partial charge >= 0.3 is 34.8 Å². The van der Waals surface area contributed by atoms with Crippen molar-refractivity contribution >= 4 is 10.5 Å². The third-order valence-electron chi connectivity index (χ3n) is 1.62. The summed E-state index contributed by atoms with van der Waals surface area (Å²) in [5.74, 6) is 0. The fourth-order valence-corrected chi connectivity index (χ4v) is 1.18. The smallest absolute Gasteiger partial charge is 0.212 e. The van der Waals surface area contributed by atoms with Crippen LogP contribution >= 0.6 is 0 Å². The van der Waals surface area contributed by atoms with Crippen molar-refractivity contribution in [2.75, 3.05) is 0 Å². The van der Waals surface area contributed by atoms with Crippen LogP contribution in [0.2, 0.25) is 0 Å². The molecule has 0 N–H and O–H groups in total. The summed E-state index contributed by atoms with van der Waals surface area (Å²) in [6.45, 7) is 0. The summed E-state index contributed by atoms with van der Waals surface area (Å²) in [4.78, 5) is 2.43. The molecule has 1 aliphatic heterocycles. The minimum absolute atomic E-state index is 1.93. The van der Waals surface area contributed by atoms with E-state index in [9.17, 15) is 47.4 Å². The van der Waals surface area contributed by atoms with Crippen LogP contribution in [0, 0.1) is 0 Å². The van der Waals surface area contributed by atoms with Gasteiger partial charge < -0.3 is 0 Å². The second-order valence-electron chi connectivity index (χ2n) is 2.98. The van der Waals surface area contributed by atoms with Gasteiger partial charge in [0.15, 0.2) is 0 Å².